The molecule has 7 atom stereocenters. The van der Waals surface area contributed by atoms with E-state index < -0.39 is 6.10 Å². The molecule has 6 nitrogen and oxygen atoms in total. The van der Waals surface area contributed by atoms with Gasteiger partial charge in [-0.05, 0) is 58.5 Å². The Balaban J connectivity index is 2.08. The summed E-state index contributed by atoms with van der Waals surface area (Å²) < 4.78 is 12.5. The summed E-state index contributed by atoms with van der Waals surface area (Å²) in [7, 11) is 3.97. The maximum absolute atomic E-state index is 12.0. The number of nitrogens with one attached hydrogen (secondary N) is 1. The molecule has 1 saturated heterocycles. The molecule has 0 saturated carbocycles. The number of amides is 1. The summed E-state index contributed by atoms with van der Waals surface area (Å²) >= 11 is 0. The second-order valence-corrected chi connectivity index (χ2v) is 10.0. The second kappa shape index (κ2) is 15.9. The van der Waals surface area contributed by atoms with Gasteiger partial charge in [0.15, 0.2) is 6.29 Å². The SMILES string of the molecule is CC1/C=C/CC/C=C/CC(C)C(OC2CC(N(C)C)C(O)C(C)O2)C\C=C/C=C/C=C\C(=O)NC1. The molecule has 0 spiro atoms. The van der Waals surface area contributed by atoms with Gasteiger partial charge in [0.05, 0.1) is 18.3 Å². The summed E-state index contributed by atoms with van der Waals surface area (Å²) in [6.07, 6.45) is 23.2. The van der Waals surface area contributed by atoms with Gasteiger partial charge in [0.25, 0.3) is 0 Å². The van der Waals surface area contributed by atoms with E-state index in [1.807, 2.05) is 44.1 Å². The molecule has 7 unspecified atom stereocenters. The van der Waals surface area contributed by atoms with Crippen LogP contribution >= 0.6 is 0 Å². The highest BCUT2D eigenvalue weighted by Crippen LogP contribution is 2.28. The number of carbonyl (C=O) groups is 1. The first-order chi connectivity index (χ1) is 16.8. The number of allylic oxidation sites excluding steroid dienone is 7. The van der Waals surface area contributed by atoms with Crippen LogP contribution < -0.4 is 5.32 Å². The van der Waals surface area contributed by atoms with Crippen molar-refractivity contribution in [1.82, 2.24) is 10.2 Å². The van der Waals surface area contributed by atoms with Crippen molar-refractivity contribution >= 4 is 5.91 Å². The summed E-state index contributed by atoms with van der Waals surface area (Å²) in [6, 6.07) is 0.00433. The number of aliphatic hydroxyl groups is 1. The number of hydrogen-bond acceptors (Lipinski definition) is 5. The third-order valence-electron chi connectivity index (χ3n) is 6.62. The molecule has 0 aromatic heterocycles. The minimum Gasteiger partial charge on any atom is -0.389 e. The van der Waals surface area contributed by atoms with Crippen molar-refractivity contribution in [1.29, 1.82) is 0 Å². The van der Waals surface area contributed by atoms with E-state index in [1.165, 1.54) is 0 Å². The zero-order valence-corrected chi connectivity index (χ0v) is 22.2. The Morgan fingerprint density at radius 1 is 1.00 bits per heavy atom. The summed E-state index contributed by atoms with van der Waals surface area (Å²) in [6.45, 7) is 6.87. The van der Waals surface area contributed by atoms with Crippen LogP contribution in [0, 0.1) is 11.8 Å². The van der Waals surface area contributed by atoms with Crippen molar-refractivity contribution in [2.24, 2.45) is 11.8 Å². The standard InChI is InChI=1S/C29H46N2O4/c1-22-16-12-8-6-9-13-17-23(2)26(18-14-10-7-11-15-19-27(32)30-21-22)35-28-20-25(31(4)5)29(33)24(3)34-28/h7,9-16,19,22-26,28-29,33H,6,8,17-18,20-21H2,1-5H3,(H,30,32)/b11-7+,13-9+,14-10-,16-12+,19-15-. The number of aliphatic hydroxyl groups excluding tert-OH is 1. The molecule has 1 fully saturated rings. The number of ether oxygens (including phenoxy) is 2. The summed E-state index contributed by atoms with van der Waals surface area (Å²) in [5, 5.41) is 13.4. The molecule has 2 aliphatic rings. The lowest BCUT2D eigenvalue weighted by Crippen LogP contribution is -2.54. The van der Waals surface area contributed by atoms with Crippen LogP contribution in [0.2, 0.25) is 0 Å². The van der Waals surface area contributed by atoms with Gasteiger partial charge < -0.3 is 24.8 Å². The van der Waals surface area contributed by atoms with Crippen molar-refractivity contribution in [2.75, 3.05) is 20.6 Å². The van der Waals surface area contributed by atoms with Crippen LogP contribution in [0.4, 0.5) is 0 Å². The van der Waals surface area contributed by atoms with Gasteiger partial charge in [0.2, 0.25) is 5.91 Å². The largest absolute Gasteiger partial charge is 0.389 e. The Labute approximate surface area is 212 Å². The Morgan fingerprint density at radius 2 is 1.74 bits per heavy atom. The molecule has 0 aromatic rings. The predicted octanol–water partition coefficient (Wildman–Crippen LogP) is 4.54. The lowest BCUT2D eigenvalue weighted by molar-refractivity contribution is -0.254. The van der Waals surface area contributed by atoms with E-state index in [9.17, 15) is 9.90 Å². The fourth-order valence-corrected chi connectivity index (χ4v) is 4.30. The quantitative estimate of drug-likeness (QED) is 0.573. The van der Waals surface area contributed by atoms with Gasteiger partial charge in [0.1, 0.15) is 0 Å². The molecule has 0 radical (unpaired) electrons. The first-order valence-electron chi connectivity index (χ1n) is 13.0. The van der Waals surface area contributed by atoms with Crippen molar-refractivity contribution in [3.63, 3.8) is 0 Å². The van der Waals surface area contributed by atoms with Crippen molar-refractivity contribution in [3.05, 3.63) is 60.8 Å². The molecule has 2 aliphatic heterocycles. The number of nitrogens with zero attached hydrogens (tertiary/aromatic N) is 1. The van der Waals surface area contributed by atoms with Gasteiger partial charge in [-0.15, -0.1) is 0 Å². The Bertz CT molecular complexity index is 771. The van der Waals surface area contributed by atoms with Gasteiger partial charge in [-0.1, -0.05) is 68.5 Å². The summed E-state index contributed by atoms with van der Waals surface area (Å²) in [5.74, 6) is 0.533. The predicted molar refractivity (Wildman–Crippen MR) is 143 cm³/mol. The van der Waals surface area contributed by atoms with Crippen LogP contribution in [0.15, 0.2) is 60.8 Å². The van der Waals surface area contributed by atoms with E-state index in [1.54, 1.807) is 12.2 Å². The van der Waals surface area contributed by atoms with Crippen molar-refractivity contribution < 1.29 is 19.4 Å². The molecule has 1 amide bonds. The van der Waals surface area contributed by atoms with E-state index in [2.05, 4.69) is 49.5 Å². The highest BCUT2D eigenvalue weighted by atomic mass is 16.7. The molecule has 2 rings (SSSR count). The first kappa shape index (κ1) is 29.2. The van der Waals surface area contributed by atoms with E-state index >= 15 is 0 Å². The summed E-state index contributed by atoms with van der Waals surface area (Å²) in [4.78, 5) is 14.0. The fourth-order valence-electron chi connectivity index (χ4n) is 4.30. The second-order valence-electron chi connectivity index (χ2n) is 10.0. The van der Waals surface area contributed by atoms with Crippen LogP contribution in [0.3, 0.4) is 0 Å². The van der Waals surface area contributed by atoms with E-state index in [-0.39, 0.29) is 30.4 Å². The molecule has 6 heteroatoms. The molecular formula is C29H46N2O4. The first-order valence-corrected chi connectivity index (χ1v) is 13.0. The van der Waals surface area contributed by atoms with E-state index in [0.29, 0.717) is 24.8 Å². The molecular weight excluding hydrogens is 440 g/mol. The average Bonchev–Trinajstić information content (AvgIpc) is 2.81. The molecule has 2 heterocycles. The van der Waals surface area contributed by atoms with E-state index in [4.69, 9.17) is 9.47 Å². The lowest BCUT2D eigenvalue weighted by Gasteiger charge is -2.42. The third-order valence-corrected chi connectivity index (χ3v) is 6.62. The maximum atomic E-state index is 12.0. The third kappa shape index (κ3) is 11.1. The number of carbonyl (C=O) groups excluding carboxylic acids is 1. The average molecular weight is 487 g/mol. The summed E-state index contributed by atoms with van der Waals surface area (Å²) in [5.41, 5.74) is 0. The Hall–Kier alpha value is -1.99. The van der Waals surface area contributed by atoms with Gasteiger partial charge in [-0.25, -0.2) is 0 Å². The van der Waals surface area contributed by atoms with Crippen LogP contribution in [-0.2, 0) is 14.3 Å². The molecule has 0 aromatic carbocycles. The fraction of sp³-hybridized carbons (Fsp3) is 0.621. The molecule has 0 bridgehead atoms. The normalized spacial score (nSPS) is 38.7. The van der Waals surface area contributed by atoms with Gasteiger partial charge in [-0.3, -0.25) is 4.79 Å². The van der Waals surface area contributed by atoms with Crippen LogP contribution in [0.25, 0.3) is 0 Å². The highest BCUT2D eigenvalue weighted by Gasteiger charge is 2.38. The zero-order chi connectivity index (χ0) is 25.6. The van der Waals surface area contributed by atoms with Crippen molar-refractivity contribution in [3.8, 4) is 0 Å². The monoisotopic (exact) mass is 486 g/mol. The topological polar surface area (TPSA) is 71.0 Å². The van der Waals surface area contributed by atoms with Gasteiger partial charge in [0, 0.05) is 25.1 Å². The molecule has 0 aliphatic carbocycles. The van der Waals surface area contributed by atoms with Crippen LogP contribution in [0.5, 0.6) is 0 Å². The minimum atomic E-state index is -0.527. The van der Waals surface area contributed by atoms with Crippen LogP contribution in [0.1, 0.15) is 52.9 Å². The minimum absolute atomic E-state index is 0.00433. The van der Waals surface area contributed by atoms with Gasteiger partial charge >= 0.3 is 0 Å². The Kier molecular flexibility index (Phi) is 13.3. The van der Waals surface area contributed by atoms with E-state index in [0.717, 1.165) is 25.7 Å². The maximum Gasteiger partial charge on any atom is 0.243 e. The number of rotatable bonds is 3. The molecule has 2 N–H and O–H groups in total. The smallest absolute Gasteiger partial charge is 0.243 e. The van der Waals surface area contributed by atoms with Gasteiger partial charge in [-0.2, -0.15) is 0 Å². The van der Waals surface area contributed by atoms with Crippen LogP contribution in [-0.4, -0.2) is 67.2 Å². The Morgan fingerprint density at radius 3 is 2.51 bits per heavy atom. The zero-order valence-electron chi connectivity index (χ0n) is 22.2. The number of hydrogen-bond donors (Lipinski definition) is 2. The molecule has 196 valence electrons. The van der Waals surface area contributed by atoms with Crippen molar-refractivity contribution in [2.45, 2.75) is 83.5 Å². The molecule has 35 heavy (non-hydrogen) atoms. The highest BCUT2D eigenvalue weighted by molar-refractivity contribution is 5.87. The lowest BCUT2D eigenvalue weighted by atomic mass is 9.96. The number of likely N-dealkylation sites (N-methyl/N-ethyl adjacent to an activating group) is 1.